The number of aliphatic hydroxyl groups is 1. The van der Waals surface area contributed by atoms with Crippen molar-refractivity contribution in [3.63, 3.8) is 0 Å². The number of H-pyrrole nitrogens is 1. The highest BCUT2D eigenvalue weighted by Crippen LogP contribution is 2.15. The predicted molar refractivity (Wildman–Crippen MR) is 112 cm³/mol. The maximum absolute atomic E-state index is 12.5. The number of aryl methyl sites for hydroxylation is 1. The van der Waals surface area contributed by atoms with Gasteiger partial charge in [0.1, 0.15) is 0 Å². The van der Waals surface area contributed by atoms with Crippen LogP contribution in [0.25, 0.3) is 10.9 Å². The number of hydrogen-bond donors (Lipinski definition) is 3. The first-order valence-electron chi connectivity index (χ1n) is 9.37. The lowest BCUT2D eigenvalue weighted by Crippen LogP contribution is -2.41. The zero-order valence-corrected chi connectivity index (χ0v) is 16.5. The molecule has 3 N–H and O–H groups in total. The Bertz CT molecular complexity index is 788. The van der Waals surface area contributed by atoms with Gasteiger partial charge in [-0.1, -0.05) is 26.3 Å². The fourth-order valence-corrected chi connectivity index (χ4v) is 3.10. The lowest BCUT2D eigenvalue weighted by atomic mass is 10.1. The molecule has 0 aliphatic heterocycles. The lowest BCUT2D eigenvalue weighted by molar-refractivity contribution is 0.264. The lowest BCUT2D eigenvalue weighted by Gasteiger charge is -2.25. The predicted octanol–water partition coefficient (Wildman–Crippen LogP) is 2.95. The molecule has 2 aromatic rings. The van der Waals surface area contributed by atoms with E-state index in [1.165, 1.54) is 5.56 Å². The third-order valence-electron chi connectivity index (χ3n) is 4.43. The minimum atomic E-state index is -0.0906. The highest BCUT2D eigenvalue weighted by atomic mass is 32.1. The van der Waals surface area contributed by atoms with E-state index >= 15 is 0 Å². The average Bonchev–Trinajstić information content (AvgIpc) is 2.65. The van der Waals surface area contributed by atoms with Gasteiger partial charge in [-0.15, -0.1) is 0 Å². The van der Waals surface area contributed by atoms with Gasteiger partial charge in [0.15, 0.2) is 5.11 Å². The van der Waals surface area contributed by atoms with Crippen molar-refractivity contribution in [2.45, 2.75) is 46.1 Å². The van der Waals surface area contributed by atoms with Crippen molar-refractivity contribution in [1.82, 2.24) is 15.2 Å². The molecule has 0 fully saturated rings. The number of aliphatic hydroxyl groups excluding tert-OH is 1. The smallest absolute Gasteiger partial charge is 0.253 e. The molecule has 0 saturated heterocycles. The minimum Gasteiger partial charge on any atom is -0.396 e. The molecular formula is C20H29N3O2S. The number of benzene rings is 1. The molecule has 1 aromatic carbocycles. The highest BCUT2D eigenvalue weighted by molar-refractivity contribution is 7.80. The van der Waals surface area contributed by atoms with Crippen molar-refractivity contribution in [2.75, 3.05) is 19.7 Å². The Labute approximate surface area is 160 Å². The van der Waals surface area contributed by atoms with Gasteiger partial charge in [0.05, 0.1) is 6.54 Å². The molecule has 1 heterocycles. The first-order valence-corrected chi connectivity index (χ1v) is 9.78. The van der Waals surface area contributed by atoms with Crippen LogP contribution in [0.15, 0.2) is 29.1 Å². The SMILES string of the molecule is CCCCNC(=S)N(CCCO)Cc1cc2cc(CC)ccc2[nH]c1=O. The Kier molecular flexibility index (Phi) is 8.06. The maximum atomic E-state index is 12.5. The van der Waals surface area contributed by atoms with Gasteiger partial charge in [-0.05, 0) is 60.6 Å². The summed E-state index contributed by atoms with van der Waals surface area (Å²) >= 11 is 5.50. The van der Waals surface area contributed by atoms with Crippen LogP contribution in [0.4, 0.5) is 0 Å². The number of thiocarbonyl (C=S) groups is 1. The van der Waals surface area contributed by atoms with E-state index in [9.17, 15) is 9.90 Å². The number of pyridine rings is 1. The molecule has 6 heteroatoms. The third-order valence-corrected chi connectivity index (χ3v) is 4.84. The zero-order chi connectivity index (χ0) is 18.9. The van der Waals surface area contributed by atoms with Crippen LogP contribution in [0.3, 0.4) is 0 Å². The van der Waals surface area contributed by atoms with E-state index in [0.29, 0.717) is 30.2 Å². The van der Waals surface area contributed by atoms with Crippen molar-refractivity contribution in [1.29, 1.82) is 0 Å². The van der Waals surface area contributed by atoms with Gasteiger partial charge in [0, 0.05) is 30.8 Å². The second kappa shape index (κ2) is 10.3. The van der Waals surface area contributed by atoms with Gasteiger partial charge >= 0.3 is 0 Å². The Hall–Kier alpha value is -1.92. The summed E-state index contributed by atoms with van der Waals surface area (Å²) < 4.78 is 0. The summed E-state index contributed by atoms with van der Waals surface area (Å²) in [5.74, 6) is 0. The number of fused-ring (bicyclic) bond motifs is 1. The second-order valence-corrected chi connectivity index (χ2v) is 6.87. The van der Waals surface area contributed by atoms with Crippen LogP contribution in [0.1, 0.15) is 44.2 Å². The quantitative estimate of drug-likeness (QED) is 0.464. The molecule has 2 rings (SSSR count). The monoisotopic (exact) mass is 375 g/mol. The molecule has 26 heavy (non-hydrogen) atoms. The van der Waals surface area contributed by atoms with Gasteiger partial charge < -0.3 is 20.3 Å². The van der Waals surface area contributed by atoms with E-state index in [-0.39, 0.29) is 12.2 Å². The minimum absolute atomic E-state index is 0.0906. The van der Waals surface area contributed by atoms with E-state index in [1.807, 2.05) is 23.1 Å². The van der Waals surface area contributed by atoms with Crippen molar-refractivity contribution in [3.05, 3.63) is 45.7 Å². The van der Waals surface area contributed by atoms with Crippen LogP contribution in [0.5, 0.6) is 0 Å². The number of nitrogens with zero attached hydrogens (tertiary/aromatic N) is 1. The van der Waals surface area contributed by atoms with E-state index in [1.54, 1.807) is 0 Å². The van der Waals surface area contributed by atoms with Crippen LogP contribution in [0, 0.1) is 0 Å². The third kappa shape index (κ3) is 5.54. The number of hydrogen-bond acceptors (Lipinski definition) is 3. The molecule has 0 saturated carbocycles. The zero-order valence-electron chi connectivity index (χ0n) is 15.7. The van der Waals surface area contributed by atoms with Crippen LogP contribution >= 0.6 is 12.2 Å². The second-order valence-electron chi connectivity index (χ2n) is 6.48. The van der Waals surface area contributed by atoms with E-state index in [0.717, 1.165) is 36.7 Å². The van der Waals surface area contributed by atoms with E-state index in [4.69, 9.17) is 12.2 Å². The van der Waals surface area contributed by atoms with Crippen LogP contribution in [-0.4, -0.2) is 39.8 Å². The number of rotatable bonds is 9. The molecule has 0 aliphatic carbocycles. The van der Waals surface area contributed by atoms with Gasteiger partial charge in [-0.2, -0.15) is 0 Å². The molecule has 0 atom stereocenters. The van der Waals surface area contributed by atoms with Crippen LogP contribution in [0.2, 0.25) is 0 Å². The standard InChI is InChI=1S/C20H29N3O2S/c1-3-5-9-21-20(26)23(10-6-11-24)14-17-13-16-12-15(4-2)7-8-18(16)22-19(17)25/h7-8,12-13,24H,3-6,9-11,14H2,1-2H3,(H,21,26)(H,22,25). The fourth-order valence-electron chi connectivity index (χ4n) is 2.84. The Morgan fingerprint density at radius 2 is 2.08 bits per heavy atom. The van der Waals surface area contributed by atoms with Crippen molar-refractivity contribution in [2.24, 2.45) is 0 Å². The number of nitrogens with one attached hydrogen (secondary N) is 2. The molecule has 0 spiro atoms. The molecule has 0 bridgehead atoms. The molecule has 0 aliphatic rings. The number of aromatic nitrogens is 1. The maximum Gasteiger partial charge on any atom is 0.253 e. The summed E-state index contributed by atoms with van der Waals surface area (Å²) in [5, 5.41) is 14.1. The first-order chi connectivity index (χ1) is 12.6. The summed E-state index contributed by atoms with van der Waals surface area (Å²) in [5.41, 5.74) is 2.68. The van der Waals surface area contributed by atoms with Crippen molar-refractivity contribution in [3.8, 4) is 0 Å². The van der Waals surface area contributed by atoms with Crippen LogP contribution in [-0.2, 0) is 13.0 Å². The van der Waals surface area contributed by atoms with E-state index < -0.39 is 0 Å². The topological polar surface area (TPSA) is 68.4 Å². The molecule has 142 valence electrons. The van der Waals surface area contributed by atoms with Crippen LogP contribution < -0.4 is 10.9 Å². The van der Waals surface area contributed by atoms with Gasteiger partial charge in [0.25, 0.3) is 5.56 Å². The van der Waals surface area contributed by atoms with Gasteiger partial charge in [-0.25, -0.2) is 0 Å². The molecular weight excluding hydrogens is 346 g/mol. The normalized spacial score (nSPS) is 10.9. The van der Waals surface area contributed by atoms with Gasteiger partial charge in [0.2, 0.25) is 0 Å². The highest BCUT2D eigenvalue weighted by Gasteiger charge is 2.13. The molecule has 0 amide bonds. The number of aromatic amines is 1. The van der Waals surface area contributed by atoms with Crippen molar-refractivity contribution >= 4 is 28.2 Å². The summed E-state index contributed by atoms with van der Waals surface area (Å²) in [6.45, 7) is 6.21. The molecule has 0 radical (unpaired) electrons. The Morgan fingerprint density at radius 1 is 1.27 bits per heavy atom. The van der Waals surface area contributed by atoms with Crippen molar-refractivity contribution < 1.29 is 5.11 Å². The average molecular weight is 376 g/mol. The summed E-state index contributed by atoms with van der Waals surface area (Å²) in [6, 6.07) is 8.07. The first kappa shape index (κ1) is 20.4. The Morgan fingerprint density at radius 3 is 2.77 bits per heavy atom. The fraction of sp³-hybridized carbons (Fsp3) is 0.500. The largest absolute Gasteiger partial charge is 0.396 e. The molecule has 1 aromatic heterocycles. The summed E-state index contributed by atoms with van der Waals surface area (Å²) in [6.07, 6.45) is 3.71. The van der Waals surface area contributed by atoms with Gasteiger partial charge in [-0.3, -0.25) is 4.79 Å². The summed E-state index contributed by atoms with van der Waals surface area (Å²) in [4.78, 5) is 17.4. The summed E-state index contributed by atoms with van der Waals surface area (Å²) in [7, 11) is 0. The van der Waals surface area contributed by atoms with E-state index in [2.05, 4.69) is 30.2 Å². The molecule has 0 unspecified atom stereocenters. The molecule has 5 nitrogen and oxygen atoms in total. The number of unbranched alkanes of at least 4 members (excludes halogenated alkanes) is 1. The Balaban J connectivity index is 2.23.